The zero-order valence-corrected chi connectivity index (χ0v) is 12.8. The molecule has 0 aliphatic heterocycles. The highest BCUT2D eigenvalue weighted by atomic mass is 32.1. The van der Waals surface area contributed by atoms with Crippen molar-refractivity contribution in [2.45, 2.75) is 77.0 Å². The number of hydrogen-bond acceptors (Lipinski definition) is 2. The minimum atomic E-state index is 0.0335. The standard InChI is InChI=1S/C14H28OS2/c15-14(17)12-10-8-6-4-2-1-3-5-7-9-11-13-16/h16H,1-13H2,(H,15,17). The summed E-state index contributed by atoms with van der Waals surface area (Å²) in [7, 11) is 0. The molecule has 0 amide bonds. The summed E-state index contributed by atoms with van der Waals surface area (Å²) in [6.45, 7) is 0. The molecule has 3 heteroatoms. The fourth-order valence-electron chi connectivity index (χ4n) is 1.98. The third kappa shape index (κ3) is 16.4. The normalized spacial score (nSPS) is 10.7. The van der Waals surface area contributed by atoms with E-state index in [1.165, 1.54) is 64.2 Å². The Hall–Kier alpha value is 0.370. The maximum absolute atomic E-state index is 10.6. The van der Waals surface area contributed by atoms with Crippen LogP contribution in [0.25, 0.3) is 0 Å². The van der Waals surface area contributed by atoms with Crippen molar-refractivity contribution >= 4 is 30.4 Å². The molecule has 0 atom stereocenters. The van der Waals surface area contributed by atoms with Crippen LogP contribution in [0.15, 0.2) is 0 Å². The molecular formula is C14H28OS2. The molecule has 0 saturated carbocycles. The number of carbonyl (C=O) groups is 1. The van der Waals surface area contributed by atoms with Crippen LogP contribution in [0.5, 0.6) is 0 Å². The first kappa shape index (κ1) is 17.4. The van der Waals surface area contributed by atoms with Crippen LogP contribution >= 0.6 is 25.3 Å². The van der Waals surface area contributed by atoms with Crippen molar-refractivity contribution < 1.29 is 4.79 Å². The molecule has 0 radical (unpaired) electrons. The molecule has 0 aliphatic carbocycles. The van der Waals surface area contributed by atoms with E-state index in [-0.39, 0.29) is 5.12 Å². The average molecular weight is 277 g/mol. The van der Waals surface area contributed by atoms with Gasteiger partial charge in [-0.05, 0) is 18.6 Å². The van der Waals surface area contributed by atoms with Crippen molar-refractivity contribution in [1.82, 2.24) is 0 Å². The van der Waals surface area contributed by atoms with Crippen LogP contribution in [0.4, 0.5) is 0 Å². The smallest absolute Gasteiger partial charge is 0.185 e. The van der Waals surface area contributed by atoms with Gasteiger partial charge < -0.3 is 0 Å². The Bertz CT molecular complexity index is 172. The quantitative estimate of drug-likeness (QED) is 0.355. The summed E-state index contributed by atoms with van der Waals surface area (Å²) in [4.78, 5) is 10.6. The van der Waals surface area contributed by atoms with E-state index in [0.717, 1.165) is 12.2 Å². The van der Waals surface area contributed by atoms with E-state index in [1.807, 2.05) is 0 Å². The molecule has 1 nitrogen and oxygen atoms in total. The van der Waals surface area contributed by atoms with E-state index in [2.05, 4.69) is 25.3 Å². The fraction of sp³-hybridized carbons (Fsp3) is 0.929. The molecule has 0 aliphatic rings. The van der Waals surface area contributed by atoms with E-state index in [4.69, 9.17) is 0 Å². The number of thiol groups is 2. The summed E-state index contributed by atoms with van der Waals surface area (Å²) in [5.74, 6) is 1.04. The first-order valence-corrected chi connectivity index (χ1v) is 8.18. The molecule has 0 unspecified atom stereocenters. The van der Waals surface area contributed by atoms with Gasteiger partial charge in [-0.3, -0.25) is 4.79 Å². The Kier molecular flexibility index (Phi) is 14.7. The summed E-state index contributed by atoms with van der Waals surface area (Å²) in [5, 5.41) is 0.0335. The molecule has 0 heterocycles. The Morgan fingerprint density at radius 1 is 0.647 bits per heavy atom. The van der Waals surface area contributed by atoms with E-state index >= 15 is 0 Å². The molecule has 0 aromatic carbocycles. The Balaban J connectivity index is 2.91. The topological polar surface area (TPSA) is 17.1 Å². The molecule has 0 bridgehead atoms. The van der Waals surface area contributed by atoms with Crippen molar-refractivity contribution in [1.29, 1.82) is 0 Å². The summed E-state index contributed by atoms with van der Waals surface area (Å²) < 4.78 is 0. The van der Waals surface area contributed by atoms with Gasteiger partial charge in [0, 0.05) is 6.42 Å². The van der Waals surface area contributed by atoms with Crippen molar-refractivity contribution in [2.24, 2.45) is 0 Å². The molecule has 0 fully saturated rings. The second-order valence-corrected chi connectivity index (χ2v) is 5.70. The van der Waals surface area contributed by atoms with Crippen molar-refractivity contribution in [3.63, 3.8) is 0 Å². The van der Waals surface area contributed by atoms with E-state index in [1.54, 1.807) is 0 Å². The molecule has 0 saturated heterocycles. The van der Waals surface area contributed by atoms with Crippen LogP contribution in [0.1, 0.15) is 77.0 Å². The number of carbonyl (C=O) groups excluding carboxylic acids is 1. The van der Waals surface area contributed by atoms with Crippen molar-refractivity contribution in [3.05, 3.63) is 0 Å². The second kappa shape index (κ2) is 14.4. The number of unbranched alkanes of at least 4 members (excludes halogenated alkanes) is 10. The van der Waals surface area contributed by atoms with Gasteiger partial charge in [-0.25, -0.2) is 0 Å². The predicted molar refractivity (Wildman–Crippen MR) is 83.3 cm³/mol. The van der Waals surface area contributed by atoms with Crippen LogP contribution in [-0.2, 0) is 4.79 Å². The Labute approximate surface area is 118 Å². The predicted octanol–water partition coefficient (Wildman–Crippen LogP) is 5.05. The number of hydrogen-bond donors (Lipinski definition) is 2. The summed E-state index contributed by atoms with van der Waals surface area (Å²) in [5.41, 5.74) is 0. The minimum absolute atomic E-state index is 0.0335. The van der Waals surface area contributed by atoms with Crippen LogP contribution in [0.2, 0.25) is 0 Å². The third-order valence-corrected chi connectivity index (χ3v) is 3.59. The van der Waals surface area contributed by atoms with E-state index in [0.29, 0.717) is 6.42 Å². The lowest BCUT2D eigenvalue weighted by Gasteiger charge is -2.02. The molecular weight excluding hydrogens is 248 g/mol. The number of rotatable bonds is 13. The van der Waals surface area contributed by atoms with Crippen molar-refractivity contribution in [2.75, 3.05) is 5.75 Å². The molecule has 0 N–H and O–H groups in total. The largest absolute Gasteiger partial charge is 0.288 e. The van der Waals surface area contributed by atoms with Gasteiger partial charge in [0.05, 0.1) is 0 Å². The van der Waals surface area contributed by atoms with Gasteiger partial charge in [0.1, 0.15) is 0 Å². The monoisotopic (exact) mass is 276 g/mol. The Morgan fingerprint density at radius 3 is 1.35 bits per heavy atom. The van der Waals surface area contributed by atoms with E-state index in [9.17, 15) is 4.79 Å². The first-order chi connectivity index (χ1) is 8.27. The highest BCUT2D eigenvalue weighted by molar-refractivity contribution is 7.96. The molecule has 0 aromatic rings. The molecule has 0 rings (SSSR count). The average Bonchev–Trinajstić information content (AvgIpc) is 2.30. The third-order valence-electron chi connectivity index (χ3n) is 3.05. The van der Waals surface area contributed by atoms with Crippen molar-refractivity contribution in [3.8, 4) is 0 Å². The molecule has 102 valence electrons. The van der Waals surface area contributed by atoms with Crippen LogP contribution in [0, 0.1) is 0 Å². The SMILES string of the molecule is O=C(S)CCCCCCCCCCCCCS. The lowest BCUT2D eigenvalue weighted by Crippen LogP contribution is -1.86. The highest BCUT2D eigenvalue weighted by Gasteiger charge is 1.95. The van der Waals surface area contributed by atoms with Gasteiger partial charge in [-0.2, -0.15) is 12.6 Å². The van der Waals surface area contributed by atoms with Crippen LogP contribution < -0.4 is 0 Å². The summed E-state index contributed by atoms with van der Waals surface area (Å²) >= 11 is 7.97. The highest BCUT2D eigenvalue weighted by Crippen LogP contribution is 2.12. The van der Waals surface area contributed by atoms with Gasteiger partial charge in [0.15, 0.2) is 5.12 Å². The van der Waals surface area contributed by atoms with Crippen LogP contribution in [-0.4, -0.2) is 10.9 Å². The fourth-order valence-corrected chi connectivity index (χ4v) is 2.36. The zero-order chi connectivity index (χ0) is 12.8. The first-order valence-electron chi connectivity index (χ1n) is 7.10. The molecule has 0 spiro atoms. The lowest BCUT2D eigenvalue weighted by molar-refractivity contribution is -0.110. The van der Waals surface area contributed by atoms with Gasteiger partial charge in [0.25, 0.3) is 0 Å². The van der Waals surface area contributed by atoms with Crippen LogP contribution in [0.3, 0.4) is 0 Å². The Morgan fingerprint density at radius 2 is 1.00 bits per heavy atom. The van der Waals surface area contributed by atoms with Gasteiger partial charge in [-0.1, -0.05) is 57.8 Å². The summed E-state index contributed by atoms with van der Waals surface area (Å²) in [6.07, 6.45) is 15.0. The van der Waals surface area contributed by atoms with Gasteiger partial charge >= 0.3 is 0 Å². The molecule has 0 aromatic heterocycles. The maximum atomic E-state index is 10.6. The van der Waals surface area contributed by atoms with E-state index < -0.39 is 0 Å². The summed E-state index contributed by atoms with van der Waals surface area (Å²) in [6, 6.07) is 0. The van der Waals surface area contributed by atoms with Gasteiger partial charge in [0.2, 0.25) is 0 Å². The molecule has 17 heavy (non-hydrogen) atoms. The minimum Gasteiger partial charge on any atom is -0.288 e. The lowest BCUT2D eigenvalue weighted by atomic mass is 10.1. The maximum Gasteiger partial charge on any atom is 0.185 e. The second-order valence-electron chi connectivity index (χ2n) is 4.76. The van der Waals surface area contributed by atoms with Gasteiger partial charge in [-0.15, -0.1) is 12.6 Å². The zero-order valence-electron chi connectivity index (χ0n) is 11.0.